The third-order valence-electron chi connectivity index (χ3n) is 7.22. The standard InChI is InChI=1S/C27H36ClFN4O2S/c1-31-13-15-32(16-14-31)11-4-12-33(27(34)30-22-7-10-26(29)25(28)19-22)23-8-5-20-6-9-24(36(2,3)35)18-21(20)17-23/h6-7,9-10,18-19,23H,2,4-5,8,11-17H2,1,3H3,(H,30,34). The number of likely N-dealkylation sites (N-methyl/N-ethyl adjacent to an activating group) is 1. The summed E-state index contributed by atoms with van der Waals surface area (Å²) in [5.41, 5.74) is 2.84. The number of anilines is 1. The second-order valence-corrected chi connectivity index (χ2v) is 13.0. The summed E-state index contributed by atoms with van der Waals surface area (Å²) in [6.07, 6.45) is 4.93. The Hall–Kier alpha value is -2.13. The van der Waals surface area contributed by atoms with Gasteiger partial charge in [-0.25, -0.2) is 9.18 Å². The molecule has 1 aliphatic carbocycles. The molecular formula is C27H36ClFN4O2S. The van der Waals surface area contributed by atoms with E-state index in [-0.39, 0.29) is 17.1 Å². The molecule has 6 nitrogen and oxygen atoms in total. The van der Waals surface area contributed by atoms with Crippen LogP contribution in [0.4, 0.5) is 14.9 Å². The van der Waals surface area contributed by atoms with Crippen LogP contribution in [0, 0.1) is 5.82 Å². The van der Waals surface area contributed by atoms with Gasteiger partial charge in [-0.2, -0.15) is 0 Å². The molecule has 2 aromatic carbocycles. The number of amides is 2. The zero-order chi connectivity index (χ0) is 25.9. The van der Waals surface area contributed by atoms with Crippen LogP contribution in [0.3, 0.4) is 0 Å². The van der Waals surface area contributed by atoms with Crippen LogP contribution in [0.2, 0.25) is 5.02 Å². The minimum Gasteiger partial charge on any atom is -0.321 e. The molecule has 1 N–H and O–H groups in total. The molecule has 0 saturated carbocycles. The molecule has 0 aromatic heterocycles. The van der Waals surface area contributed by atoms with Crippen molar-refractivity contribution in [1.29, 1.82) is 0 Å². The fraction of sp³-hybridized carbons (Fsp3) is 0.481. The molecule has 4 rings (SSSR count). The smallest absolute Gasteiger partial charge is 0.321 e. The molecule has 9 heteroatoms. The highest BCUT2D eigenvalue weighted by molar-refractivity contribution is 7.99. The highest BCUT2D eigenvalue weighted by Gasteiger charge is 2.28. The fourth-order valence-electron chi connectivity index (χ4n) is 5.00. The Morgan fingerprint density at radius 1 is 1.19 bits per heavy atom. The van der Waals surface area contributed by atoms with Crippen molar-refractivity contribution in [3.63, 3.8) is 0 Å². The van der Waals surface area contributed by atoms with Crippen molar-refractivity contribution in [2.24, 2.45) is 0 Å². The van der Waals surface area contributed by atoms with E-state index in [4.69, 9.17) is 11.6 Å². The first-order valence-corrected chi connectivity index (χ1v) is 15.0. The largest absolute Gasteiger partial charge is 0.322 e. The number of aryl methyl sites for hydroxylation is 1. The first-order chi connectivity index (χ1) is 17.1. The van der Waals surface area contributed by atoms with Crippen molar-refractivity contribution in [2.75, 3.05) is 57.9 Å². The number of carbonyl (C=O) groups excluding carboxylic acids is 1. The molecule has 2 unspecified atom stereocenters. The van der Waals surface area contributed by atoms with Gasteiger partial charge in [0.25, 0.3) is 0 Å². The molecule has 1 heterocycles. The summed E-state index contributed by atoms with van der Waals surface area (Å²) >= 11 is 5.94. The van der Waals surface area contributed by atoms with Crippen molar-refractivity contribution >= 4 is 38.7 Å². The molecule has 0 bridgehead atoms. The van der Waals surface area contributed by atoms with E-state index >= 15 is 0 Å². The van der Waals surface area contributed by atoms with Gasteiger partial charge < -0.3 is 20.0 Å². The van der Waals surface area contributed by atoms with Crippen LogP contribution < -0.4 is 5.32 Å². The topological polar surface area (TPSA) is 55.9 Å². The number of hydrogen-bond donors (Lipinski definition) is 1. The quantitative estimate of drug-likeness (QED) is 0.541. The number of halogens is 2. The third kappa shape index (κ3) is 6.79. The summed E-state index contributed by atoms with van der Waals surface area (Å²) in [5.74, 6) is 3.31. The molecule has 0 radical (unpaired) electrons. The van der Waals surface area contributed by atoms with Crippen LogP contribution in [0.15, 0.2) is 41.3 Å². The number of rotatable bonds is 7. The van der Waals surface area contributed by atoms with Crippen molar-refractivity contribution in [3.8, 4) is 0 Å². The van der Waals surface area contributed by atoms with Gasteiger partial charge in [-0.1, -0.05) is 17.7 Å². The predicted molar refractivity (Wildman–Crippen MR) is 147 cm³/mol. The number of nitrogens with zero attached hydrogens (tertiary/aromatic N) is 3. The van der Waals surface area contributed by atoms with Crippen LogP contribution in [-0.4, -0.2) is 89.4 Å². The SMILES string of the molecule is C=S(C)(=O)c1ccc2c(c1)CC(N(CCCN1CCN(C)CC1)C(=O)Nc1ccc(F)c(Cl)c1)CC2. The molecule has 0 spiro atoms. The molecular weight excluding hydrogens is 499 g/mol. The molecule has 2 amide bonds. The van der Waals surface area contributed by atoms with E-state index in [1.807, 2.05) is 23.1 Å². The molecule has 36 heavy (non-hydrogen) atoms. The Balaban J connectivity index is 1.49. The summed E-state index contributed by atoms with van der Waals surface area (Å²) in [6, 6.07) is 9.97. The number of hydrogen-bond acceptors (Lipinski definition) is 4. The van der Waals surface area contributed by atoms with Crippen LogP contribution in [0.5, 0.6) is 0 Å². The van der Waals surface area contributed by atoms with Gasteiger partial charge in [0.1, 0.15) is 5.82 Å². The molecule has 2 aromatic rings. The van der Waals surface area contributed by atoms with Gasteiger partial charge in [0.2, 0.25) is 0 Å². The van der Waals surface area contributed by atoms with Crippen LogP contribution in [-0.2, 0) is 22.4 Å². The lowest BCUT2D eigenvalue weighted by Gasteiger charge is -2.37. The first-order valence-electron chi connectivity index (χ1n) is 12.5. The monoisotopic (exact) mass is 534 g/mol. The Labute approximate surface area is 219 Å². The minimum atomic E-state index is -2.31. The normalized spacial score (nSPS) is 20.4. The predicted octanol–water partition coefficient (Wildman–Crippen LogP) is 4.21. The number of piperazine rings is 1. The highest BCUT2D eigenvalue weighted by Crippen LogP contribution is 2.28. The van der Waals surface area contributed by atoms with E-state index in [1.54, 1.807) is 6.26 Å². The van der Waals surface area contributed by atoms with E-state index in [0.29, 0.717) is 18.7 Å². The minimum absolute atomic E-state index is 0.00822. The van der Waals surface area contributed by atoms with Crippen molar-refractivity contribution in [2.45, 2.75) is 36.6 Å². The van der Waals surface area contributed by atoms with Gasteiger partial charge in [0, 0.05) is 55.6 Å². The van der Waals surface area contributed by atoms with Gasteiger partial charge in [-0.15, -0.1) is 0 Å². The van der Waals surface area contributed by atoms with Crippen molar-refractivity contribution in [3.05, 3.63) is 58.4 Å². The van der Waals surface area contributed by atoms with E-state index in [2.05, 4.69) is 28.0 Å². The third-order valence-corrected chi connectivity index (χ3v) is 8.76. The summed E-state index contributed by atoms with van der Waals surface area (Å²) in [5, 5.41) is 2.90. The number of urea groups is 1. The highest BCUT2D eigenvalue weighted by atomic mass is 35.5. The average molecular weight is 535 g/mol. The Morgan fingerprint density at radius 2 is 1.94 bits per heavy atom. The summed E-state index contributed by atoms with van der Waals surface area (Å²) in [7, 11) is -0.172. The zero-order valence-corrected chi connectivity index (χ0v) is 22.7. The maximum atomic E-state index is 13.6. The summed E-state index contributed by atoms with van der Waals surface area (Å²) in [6.45, 7) is 5.75. The Kier molecular flexibility index (Phi) is 8.60. The Bertz CT molecular complexity index is 1200. The maximum absolute atomic E-state index is 13.6. The number of fused-ring (bicyclic) bond motifs is 1. The molecule has 196 valence electrons. The second kappa shape index (κ2) is 11.5. The summed E-state index contributed by atoms with van der Waals surface area (Å²) < 4.78 is 26.2. The zero-order valence-electron chi connectivity index (χ0n) is 21.1. The van der Waals surface area contributed by atoms with Crippen LogP contribution in [0.25, 0.3) is 0 Å². The van der Waals surface area contributed by atoms with E-state index < -0.39 is 15.3 Å². The lowest BCUT2D eigenvalue weighted by atomic mass is 9.87. The molecule has 1 saturated heterocycles. The lowest BCUT2D eigenvalue weighted by molar-refractivity contribution is 0.140. The van der Waals surface area contributed by atoms with Gasteiger partial charge in [-0.3, -0.25) is 4.21 Å². The molecule has 2 aliphatic rings. The first kappa shape index (κ1) is 26.9. The van der Waals surface area contributed by atoms with E-state index in [9.17, 15) is 13.4 Å². The van der Waals surface area contributed by atoms with Crippen LogP contribution in [0.1, 0.15) is 24.0 Å². The van der Waals surface area contributed by atoms with Crippen molar-refractivity contribution in [1.82, 2.24) is 14.7 Å². The molecule has 2 atom stereocenters. The fourth-order valence-corrected chi connectivity index (χ4v) is 5.93. The number of carbonyl (C=O) groups is 1. The number of nitrogens with one attached hydrogen (secondary N) is 1. The van der Waals surface area contributed by atoms with E-state index in [1.165, 1.54) is 23.8 Å². The second-order valence-electron chi connectivity index (χ2n) is 10.1. The Morgan fingerprint density at radius 3 is 2.64 bits per heavy atom. The van der Waals surface area contributed by atoms with Gasteiger partial charge in [0.05, 0.1) is 5.02 Å². The average Bonchev–Trinajstić information content (AvgIpc) is 2.84. The van der Waals surface area contributed by atoms with E-state index in [0.717, 1.165) is 62.4 Å². The summed E-state index contributed by atoms with van der Waals surface area (Å²) in [4.78, 5) is 20.9. The lowest BCUT2D eigenvalue weighted by Crippen LogP contribution is -2.48. The molecule has 1 aliphatic heterocycles. The van der Waals surface area contributed by atoms with Crippen LogP contribution >= 0.6 is 11.6 Å². The number of benzene rings is 2. The van der Waals surface area contributed by atoms with Gasteiger partial charge >= 0.3 is 6.03 Å². The van der Waals surface area contributed by atoms with Gasteiger partial charge in [0.15, 0.2) is 0 Å². The van der Waals surface area contributed by atoms with Crippen molar-refractivity contribution < 1.29 is 13.4 Å². The van der Waals surface area contributed by atoms with Gasteiger partial charge in [-0.05, 0) is 96.1 Å². The maximum Gasteiger partial charge on any atom is 0.322 e. The molecule has 1 fully saturated rings.